The summed E-state index contributed by atoms with van der Waals surface area (Å²) >= 11 is 5.12. The van der Waals surface area contributed by atoms with Crippen LogP contribution in [0.15, 0.2) is 48.8 Å². The number of nitrogens with zero attached hydrogens (tertiary/aromatic N) is 2. The van der Waals surface area contributed by atoms with Crippen LogP contribution in [0, 0.1) is 0 Å². The fourth-order valence-corrected chi connectivity index (χ4v) is 1.36. The predicted molar refractivity (Wildman–Crippen MR) is 68.3 cm³/mol. The lowest BCUT2D eigenvalue weighted by molar-refractivity contribution is 1.18. The zero-order chi connectivity index (χ0) is 11.2. The van der Waals surface area contributed by atoms with Crippen molar-refractivity contribution >= 4 is 29.0 Å². The molecule has 2 rings (SSSR count). The minimum atomic E-state index is 0.470. The van der Waals surface area contributed by atoms with E-state index < -0.39 is 0 Å². The number of thiocarbonyl (C=S) groups is 1. The third kappa shape index (κ3) is 2.99. The molecule has 0 amide bonds. The van der Waals surface area contributed by atoms with Crippen molar-refractivity contribution in [2.24, 2.45) is 0 Å². The molecule has 0 aliphatic carbocycles. The lowest BCUT2D eigenvalue weighted by Crippen LogP contribution is -2.20. The van der Waals surface area contributed by atoms with E-state index in [1.165, 1.54) is 0 Å². The molecular formula is C11H10N4S. The maximum Gasteiger partial charge on any atom is 0.228 e. The standard InChI is InChI=1S/C11H10N4S/c16-11(14-9-5-2-1-3-6-9)15-10-12-7-4-8-13-10/h1-8H,(H2,12,13,14,15,16). The Hall–Kier alpha value is -2.01. The second-order valence-electron chi connectivity index (χ2n) is 3.02. The van der Waals surface area contributed by atoms with Crippen LogP contribution in [0.4, 0.5) is 11.6 Å². The molecule has 0 saturated heterocycles. The molecular weight excluding hydrogens is 220 g/mol. The summed E-state index contributed by atoms with van der Waals surface area (Å²) in [6, 6.07) is 11.4. The topological polar surface area (TPSA) is 49.8 Å². The summed E-state index contributed by atoms with van der Waals surface area (Å²) in [5.74, 6) is 0.482. The molecule has 0 radical (unpaired) electrons. The van der Waals surface area contributed by atoms with Gasteiger partial charge in [0.25, 0.3) is 0 Å². The van der Waals surface area contributed by atoms with Gasteiger partial charge in [-0.15, -0.1) is 0 Å². The number of benzene rings is 1. The van der Waals surface area contributed by atoms with Crippen molar-refractivity contribution in [2.45, 2.75) is 0 Å². The number of nitrogens with one attached hydrogen (secondary N) is 2. The smallest absolute Gasteiger partial charge is 0.228 e. The Balaban J connectivity index is 1.95. The minimum absolute atomic E-state index is 0.470. The van der Waals surface area contributed by atoms with E-state index in [2.05, 4.69) is 20.6 Å². The Morgan fingerprint density at radius 1 is 0.938 bits per heavy atom. The van der Waals surface area contributed by atoms with Crippen molar-refractivity contribution in [2.75, 3.05) is 10.6 Å². The molecule has 0 atom stereocenters. The van der Waals surface area contributed by atoms with Crippen LogP contribution in [0.25, 0.3) is 0 Å². The summed E-state index contributed by atoms with van der Waals surface area (Å²) in [5, 5.41) is 6.39. The zero-order valence-corrected chi connectivity index (χ0v) is 9.24. The molecule has 0 bridgehead atoms. The maximum absolute atomic E-state index is 5.12. The highest BCUT2D eigenvalue weighted by Crippen LogP contribution is 2.05. The van der Waals surface area contributed by atoms with E-state index in [0.717, 1.165) is 5.69 Å². The predicted octanol–water partition coefficient (Wildman–Crippen LogP) is 2.29. The number of hydrogen-bond donors (Lipinski definition) is 2. The van der Waals surface area contributed by atoms with Gasteiger partial charge in [0.2, 0.25) is 5.95 Å². The first-order valence-electron chi connectivity index (χ1n) is 4.75. The molecule has 80 valence electrons. The molecule has 0 unspecified atom stereocenters. The Kier molecular flexibility index (Phi) is 3.40. The van der Waals surface area contributed by atoms with E-state index in [1.54, 1.807) is 18.5 Å². The summed E-state index contributed by atoms with van der Waals surface area (Å²) in [5.41, 5.74) is 0.927. The average Bonchev–Trinajstić information content (AvgIpc) is 2.31. The highest BCUT2D eigenvalue weighted by atomic mass is 32.1. The van der Waals surface area contributed by atoms with Gasteiger partial charge in [0.1, 0.15) is 0 Å². The summed E-state index contributed by atoms with van der Waals surface area (Å²) in [4.78, 5) is 8.02. The maximum atomic E-state index is 5.12. The van der Waals surface area contributed by atoms with E-state index in [-0.39, 0.29) is 0 Å². The zero-order valence-electron chi connectivity index (χ0n) is 8.42. The van der Waals surface area contributed by atoms with E-state index in [1.807, 2.05) is 30.3 Å². The molecule has 2 aromatic rings. The molecule has 2 N–H and O–H groups in total. The van der Waals surface area contributed by atoms with Crippen LogP contribution in [0.2, 0.25) is 0 Å². The first-order valence-corrected chi connectivity index (χ1v) is 5.15. The molecule has 0 saturated carbocycles. The Bertz CT molecular complexity index is 414. The summed E-state index contributed by atoms with van der Waals surface area (Å²) in [6.45, 7) is 0. The lowest BCUT2D eigenvalue weighted by Gasteiger charge is -2.08. The van der Waals surface area contributed by atoms with Crippen LogP contribution in [0.1, 0.15) is 0 Å². The highest BCUT2D eigenvalue weighted by molar-refractivity contribution is 7.80. The number of rotatable bonds is 2. The minimum Gasteiger partial charge on any atom is -0.332 e. The summed E-state index contributed by atoms with van der Waals surface area (Å²) in [7, 11) is 0. The molecule has 0 fully saturated rings. The molecule has 16 heavy (non-hydrogen) atoms. The molecule has 1 aromatic carbocycles. The number of anilines is 2. The molecule has 1 heterocycles. The van der Waals surface area contributed by atoms with Crippen LogP contribution in [0.3, 0.4) is 0 Å². The van der Waals surface area contributed by atoms with Gasteiger partial charge in [-0.25, -0.2) is 9.97 Å². The molecule has 0 aliphatic heterocycles. The fraction of sp³-hybridized carbons (Fsp3) is 0. The van der Waals surface area contributed by atoms with Crippen molar-refractivity contribution in [1.29, 1.82) is 0 Å². The van der Waals surface area contributed by atoms with Gasteiger partial charge in [-0.3, -0.25) is 0 Å². The Morgan fingerprint density at radius 2 is 1.62 bits per heavy atom. The first kappa shape index (κ1) is 10.5. The summed E-state index contributed by atoms with van der Waals surface area (Å²) < 4.78 is 0. The highest BCUT2D eigenvalue weighted by Gasteiger charge is 1.98. The van der Waals surface area contributed by atoms with Gasteiger partial charge in [-0.05, 0) is 30.4 Å². The third-order valence-electron chi connectivity index (χ3n) is 1.82. The van der Waals surface area contributed by atoms with Crippen LogP contribution in [-0.2, 0) is 0 Å². The van der Waals surface area contributed by atoms with Gasteiger partial charge in [-0.1, -0.05) is 18.2 Å². The van der Waals surface area contributed by atoms with Crippen molar-refractivity contribution in [3.8, 4) is 0 Å². The van der Waals surface area contributed by atoms with Crippen molar-refractivity contribution < 1.29 is 0 Å². The molecule has 4 nitrogen and oxygen atoms in total. The first-order chi connectivity index (χ1) is 7.84. The number of hydrogen-bond acceptors (Lipinski definition) is 3. The number of aromatic nitrogens is 2. The lowest BCUT2D eigenvalue weighted by atomic mass is 10.3. The third-order valence-corrected chi connectivity index (χ3v) is 2.03. The second-order valence-corrected chi connectivity index (χ2v) is 3.43. The molecule has 0 aliphatic rings. The molecule has 5 heteroatoms. The quantitative estimate of drug-likeness (QED) is 0.775. The van der Waals surface area contributed by atoms with Crippen LogP contribution >= 0.6 is 12.2 Å². The van der Waals surface area contributed by atoms with E-state index in [9.17, 15) is 0 Å². The van der Waals surface area contributed by atoms with Crippen LogP contribution < -0.4 is 10.6 Å². The van der Waals surface area contributed by atoms with Gasteiger partial charge in [0.15, 0.2) is 5.11 Å². The largest absolute Gasteiger partial charge is 0.332 e. The van der Waals surface area contributed by atoms with Crippen molar-refractivity contribution in [3.05, 3.63) is 48.8 Å². The average molecular weight is 230 g/mol. The van der Waals surface area contributed by atoms with Crippen LogP contribution in [-0.4, -0.2) is 15.1 Å². The SMILES string of the molecule is S=C(Nc1ccccc1)Nc1ncccn1. The van der Waals surface area contributed by atoms with Gasteiger partial charge < -0.3 is 10.6 Å². The van der Waals surface area contributed by atoms with Crippen LogP contribution in [0.5, 0.6) is 0 Å². The molecule has 1 aromatic heterocycles. The van der Waals surface area contributed by atoms with E-state index in [4.69, 9.17) is 12.2 Å². The fourth-order valence-electron chi connectivity index (χ4n) is 1.15. The molecule has 0 spiro atoms. The Morgan fingerprint density at radius 3 is 2.31 bits per heavy atom. The second kappa shape index (κ2) is 5.18. The summed E-state index contributed by atoms with van der Waals surface area (Å²) in [6.07, 6.45) is 3.31. The van der Waals surface area contributed by atoms with Gasteiger partial charge in [-0.2, -0.15) is 0 Å². The van der Waals surface area contributed by atoms with Crippen molar-refractivity contribution in [3.63, 3.8) is 0 Å². The monoisotopic (exact) mass is 230 g/mol. The van der Waals surface area contributed by atoms with Crippen molar-refractivity contribution in [1.82, 2.24) is 9.97 Å². The van der Waals surface area contributed by atoms with Gasteiger partial charge in [0, 0.05) is 18.1 Å². The van der Waals surface area contributed by atoms with Gasteiger partial charge >= 0.3 is 0 Å². The normalized spacial score (nSPS) is 9.50. The Labute approximate surface area is 98.8 Å². The van der Waals surface area contributed by atoms with E-state index in [0.29, 0.717) is 11.1 Å². The van der Waals surface area contributed by atoms with Gasteiger partial charge in [0.05, 0.1) is 0 Å². The van der Waals surface area contributed by atoms with E-state index >= 15 is 0 Å². The number of para-hydroxylation sites is 1.